The van der Waals surface area contributed by atoms with Gasteiger partial charge in [0.25, 0.3) is 0 Å². The van der Waals surface area contributed by atoms with Crippen LogP contribution in [0.2, 0.25) is 0 Å². The fourth-order valence-electron chi connectivity index (χ4n) is 5.51. The lowest BCUT2D eigenvalue weighted by Gasteiger charge is -2.55. The molecule has 3 heteroatoms. The molecule has 3 atom stereocenters. The van der Waals surface area contributed by atoms with Crippen molar-refractivity contribution in [2.75, 3.05) is 33.2 Å². The lowest BCUT2D eigenvalue weighted by Crippen LogP contribution is -2.58. The van der Waals surface area contributed by atoms with E-state index in [-0.39, 0.29) is 5.41 Å². The number of nitrogens with zero attached hydrogens (tertiary/aromatic N) is 2. The first kappa shape index (κ1) is 15.5. The van der Waals surface area contributed by atoms with Crippen LogP contribution in [-0.4, -0.2) is 54.2 Å². The molecular formula is C20H30N2O. The Labute approximate surface area is 140 Å². The van der Waals surface area contributed by atoms with Crippen LogP contribution in [0.5, 0.6) is 5.75 Å². The standard InChI is InChI=1S/C20H30N2O/c1-15-19-13-16-5-6-17(23)14-18(16)20(15,7-11-21(19)2)8-12-22-9-3-4-10-22/h5-6,14-15,19,23H,3-4,7-13H2,1-2H3/t15-,19+,20?/m0/s1. The molecule has 0 aromatic heterocycles. The zero-order valence-corrected chi connectivity index (χ0v) is 14.6. The monoisotopic (exact) mass is 314 g/mol. The van der Waals surface area contributed by atoms with Crippen molar-refractivity contribution >= 4 is 0 Å². The third-order valence-electron chi connectivity index (χ3n) is 7.06. The van der Waals surface area contributed by atoms with E-state index < -0.39 is 0 Å². The molecule has 2 bridgehead atoms. The summed E-state index contributed by atoms with van der Waals surface area (Å²) in [6.07, 6.45) is 6.34. The Kier molecular flexibility index (Phi) is 3.89. The van der Waals surface area contributed by atoms with E-state index in [4.69, 9.17) is 0 Å². The molecule has 4 rings (SSSR count). The van der Waals surface area contributed by atoms with Gasteiger partial charge in [-0.1, -0.05) is 13.0 Å². The first-order chi connectivity index (χ1) is 11.1. The van der Waals surface area contributed by atoms with Gasteiger partial charge in [-0.25, -0.2) is 0 Å². The summed E-state index contributed by atoms with van der Waals surface area (Å²) in [5.74, 6) is 1.10. The van der Waals surface area contributed by atoms with Crippen molar-refractivity contribution in [2.45, 2.75) is 50.5 Å². The fraction of sp³-hybridized carbons (Fsp3) is 0.700. The summed E-state index contributed by atoms with van der Waals surface area (Å²) < 4.78 is 0. The van der Waals surface area contributed by atoms with Crippen molar-refractivity contribution in [2.24, 2.45) is 5.92 Å². The fourth-order valence-corrected chi connectivity index (χ4v) is 5.51. The molecule has 0 radical (unpaired) electrons. The molecule has 1 aliphatic carbocycles. The Hall–Kier alpha value is -1.06. The summed E-state index contributed by atoms with van der Waals surface area (Å²) in [6, 6.07) is 6.78. The number of rotatable bonds is 3. The van der Waals surface area contributed by atoms with Crippen molar-refractivity contribution in [3.8, 4) is 5.75 Å². The van der Waals surface area contributed by atoms with Crippen LogP contribution in [0, 0.1) is 5.92 Å². The lowest BCUT2D eigenvalue weighted by atomic mass is 9.56. The van der Waals surface area contributed by atoms with Gasteiger partial charge in [-0.15, -0.1) is 0 Å². The van der Waals surface area contributed by atoms with E-state index in [9.17, 15) is 5.11 Å². The lowest BCUT2D eigenvalue weighted by molar-refractivity contribution is 0.0311. The molecule has 3 aliphatic rings. The van der Waals surface area contributed by atoms with E-state index >= 15 is 0 Å². The predicted molar refractivity (Wildman–Crippen MR) is 94.0 cm³/mol. The van der Waals surface area contributed by atoms with Crippen LogP contribution in [0.25, 0.3) is 0 Å². The number of aromatic hydroxyl groups is 1. The smallest absolute Gasteiger partial charge is 0.115 e. The summed E-state index contributed by atoms with van der Waals surface area (Å²) in [5, 5.41) is 10.1. The van der Waals surface area contributed by atoms with Gasteiger partial charge in [0, 0.05) is 11.5 Å². The van der Waals surface area contributed by atoms with Gasteiger partial charge in [0.05, 0.1) is 0 Å². The zero-order valence-electron chi connectivity index (χ0n) is 14.6. The van der Waals surface area contributed by atoms with Gasteiger partial charge in [0.15, 0.2) is 0 Å². The molecule has 2 saturated heterocycles. The van der Waals surface area contributed by atoms with Crippen molar-refractivity contribution < 1.29 is 5.11 Å². The maximum Gasteiger partial charge on any atom is 0.115 e. The average molecular weight is 314 g/mol. The summed E-state index contributed by atoms with van der Waals surface area (Å²) in [6.45, 7) is 7.42. The van der Waals surface area contributed by atoms with Crippen LogP contribution in [0.3, 0.4) is 0 Å². The molecule has 1 aromatic carbocycles. The number of likely N-dealkylation sites (tertiary alicyclic amines) is 2. The van der Waals surface area contributed by atoms with Crippen molar-refractivity contribution in [3.63, 3.8) is 0 Å². The molecule has 0 spiro atoms. The maximum absolute atomic E-state index is 10.1. The highest BCUT2D eigenvalue weighted by molar-refractivity contribution is 5.44. The second-order valence-electron chi connectivity index (χ2n) is 8.09. The molecule has 1 aromatic rings. The van der Waals surface area contributed by atoms with E-state index in [1.165, 1.54) is 63.0 Å². The molecule has 0 saturated carbocycles. The van der Waals surface area contributed by atoms with Crippen molar-refractivity contribution in [1.29, 1.82) is 0 Å². The molecule has 3 nitrogen and oxygen atoms in total. The number of fused-ring (bicyclic) bond motifs is 4. The van der Waals surface area contributed by atoms with Gasteiger partial charge < -0.3 is 14.9 Å². The van der Waals surface area contributed by atoms with Gasteiger partial charge in [-0.3, -0.25) is 0 Å². The Bertz CT molecular complexity index is 581. The van der Waals surface area contributed by atoms with Crippen LogP contribution in [-0.2, 0) is 11.8 Å². The van der Waals surface area contributed by atoms with Crippen molar-refractivity contribution in [1.82, 2.24) is 9.80 Å². The first-order valence-electron chi connectivity index (χ1n) is 9.35. The van der Waals surface area contributed by atoms with Crippen LogP contribution in [0.4, 0.5) is 0 Å². The number of piperidine rings is 1. The quantitative estimate of drug-likeness (QED) is 0.929. The highest BCUT2D eigenvalue weighted by Crippen LogP contribution is 2.51. The Balaban J connectivity index is 1.70. The number of phenolic OH excluding ortho intramolecular Hbond substituents is 1. The van der Waals surface area contributed by atoms with Gasteiger partial charge in [-0.05, 0) is 94.5 Å². The Morgan fingerprint density at radius 1 is 1.22 bits per heavy atom. The van der Waals surface area contributed by atoms with Crippen LogP contribution < -0.4 is 0 Å². The van der Waals surface area contributed by atoms with Gasteiger partial charge in [-0.2, -0.15) is 0 Å². The minimum atomic E-state index is 0.256. The third kappa shape index (κ3) is 2.49. The van der Waals surface area contributed by atoms with E-state index in [1.54, 1.807) is 0 Å². The van der Waals surface area contributed by atoms with E-state index in [2.05, 4.69) is 35.9 Å². The van der Waals surface area contributed by atoms with Crippen LogP contribution >= 0.6 is 0 Å². The van der Waals surface area contributed by atoms with Crippen molar-refractivity contribution in [3.05, 3.63) is 29.3 Å². The predicted octanol–water partition coefficient (Wildman–Crippen LogP) is 3.01. The number of likely N-dealkylation sites (N-methyl/N-ethyl adjacent to an activating group) is 1. The molecule has 1 unspecified atom stereocenters. The topological polar surface area (TPSA) is 26.7 Å². The number of phenols is 1. The van der Waals surface area contributed by atoms with Gasteiger partial charge >= 0.3 is 0 Å². The number of benzene rings is 1. The highest BCUT2D eigenvalue weighted by atomic mass is 16.3. The normalized spacial score (nSPS) is 34.5. The second kappa shape index (κ2) is 5.78. The second-order valence-corrected chi connectivity index (χ2v) is 8.09. The summed E-state index contributed by atoms with van der Waals surface area (Å²) in [7, 11) is 2.29. The average Bonchev–Trinajstić information content (AvgIpc) is 3.05. The van der Waals surface area contributed by atoms with Crippen LogP contribution in [0.1, 0.15) is 43.7 Å². The molecule has 1 N–H and O–H groups in total. The van der Waals surface area contributed by atoms with E-state index in [0.29, 0.717) is 17.7 Å². The zero-order chi connectivity index (χ0) is 16.0. The SMILES string of the molecule is C[C@H]1[C@H]2Cc3ccc(O)cc3C1(CCN1CCCC1)CCN2C. The third-order valence-corrected chi connectivity index (χ3v) is 7.06. The first-order valence-corrected chi connectivity index (χ1v) is 9.35. The van der Waals surface area contributed by atoms with E-state index in [1.807, 2.05) is 6.07 Å². The summed E-state index contributed by atoms with van der Waals surface area (Å²) >= 11 is 0. The minimum absolute atomic E-state index is 0.256. The van der Waals surface area contributed by atoms with Gasteiger partial charge in [0.2, 0.25) is 0 Å². The highest BCUT2D eigenvalue weighted by Gasteiger charge is 2.50. The molecule has 2 fully saturated rings. The number of hydrogen-bond donors (Lipinski definition) is 1. The molecule has 0 amide bonds. The summed E-state index contributed by atoms with van der Waals surface area (Å²) in [4.78, 5) is 5.21. The maximum atomic E-state index is 10.1. The molecule has 23 heavy (non-hydrogen) atoms. The molecule has 2 aliphatic heterocycles. The van der Waals surface area contributed by atoms with Crippen LogP contribution in [0.15, 0.2) is 18.2 Å². The number of hydrogen-bond acceptors (Lipinski definition) is 3. The largest absolute Gasteiger partial charge is 0.508 e. The summed E-state index contributed by atoms with van der Waals surface area (Å²) in [5.41, 5.74) is 3.18. The Morgan fingerprint density at radius 2 is 2.00 bits per heavy atom. The minimum Gasteiger partial charge on any atom is -0.508 e. The molecule has 2 heterocycles. The Morgan fingerprint density at radius 3 is 2.78 bits per heavy atom. The van der Waals surface area contributed by atoms with Gasteiger partial charge in [0.1, 0.15) is 5.75 Å². The molecular weight excluding hydrogens is 284 g/mol. The molecule has 126 valence electrons. The van der Waals surface area contributed by atoms with E-state index in [0.717, 1.165) is 6.42 Å².